The second-order valence-electron chi connectivity index (χ2n) is 4.50. The number of carbonyl (C=O) groups excluding carboxylic acids is 1. The lowest BCUT2D eigenvalue weighted by atomic mass is 10.1. The molecule has 1 rings (SSSR count). The second-order valence-corrected chi connectivity index (χ2v) is 4.50. The van der Waals surface area contributed by atoms with Crippen molar-refractivity contribution >= 4 is 5.78 Å². The Morgan fingerprint density at radius 3 is 2.79 bits per heavy atom. The minimum Gasteiger partial charge on any atom is -0.496 e. The first kappa shape index (κ1) is 15.6. The first-order valence-corrected chi connectivity index (χ1v) is 6.18. The van der Waals surface area contributed by atoms with E-state index < -0.39 is 5.82 Å². The van der Waals surface area contributed by atoms with Crippen LogP contribution in [0.2, 0.25) is 0 Å². The molecule has 0 aromatic heterocycles. The third-order valence-corrected chi connectivity index (χ3v) is 3.18. The van der Waals surface area contributed by atoms with Crippen molar-refractivity contribution in [2.24, 2.45) is 0 Å². The smallest absolute Gasteiger partial charge is 0.170 e. The van der Waals surface area contributed by atoms with Gasteiger partial charge in [-0.15, -0.1) is 0 Å². The van der Waals surface area contributed by atoms with Gasteiger partial charge in [0.2, 0.25) is 0 Å². The summed E-state index contributed by atoms with van der Waals surface area (Å²) in [5.41, 5.74) is -0.00458. The van der Waals surface area contributed by atoms with Crippen LogP contribution in [-0.4, -0.2) is 49.1 Å². The fourth-order valence-electron chi connectivity index (χ4n) is 1.71. The normalized spacial score (nSPS) is 12.5. The zero-order valence-electron chi connectivity index (χ0n) is 11.5. The molecule has 1 aromatic carbocycles. The van der Waals surface area contributed by atoms with Crippen molar-refractivity contribution in [1.29, 1.82) is 0 Å². The fourth-order valence-corrected chi connectivity index (χ4v) is 1.71. The van der Waals surface area contributed by atoms with Crippen molar-refractivity contribution in [1.82, 2.24) is 4.90 Å². The van der Waals surface area contributed by atoms with Gasteiger partial charge in [0, 0.05) is 19.0 Å². The lowest BCUT2D eigenvalue weighted by Gasteiger charge is -2.22. The monoisotopic (exact) mass is 269 g/mol. The maximum absolute atomic E-state index is 13.7. The molecule has 106 valence electrons. The van der Waals surface area contributed by atoms with Crippen LogP contribution in [0.15, 0.2) is 18.2 Å². The third kappa shape index (κ3) is 4.01. The summed E-state index contributed by atoms with van der Waals surface area (Å²) in [4.78, 5) is 13.9. The highest BCUT2D eigenvalue weighted by Crippen LogP contribution is 2.22. The van der Waals surface area contributed by atoms with Gasteiger partial charge < -0.3 is 14.7 Å². The molecule has 1 N–H and O–H groups in total. The molecule has 19 heavy (non-hydrogen) atoms. The van der Waals surface area contributed by atoms with Crippen molar-refractivity contribution in [2.45, 2.75) is 19.4 Å². The lowest BCUT2D eigenvalue weighted by Crippen LogP contribution is -2.33. The minimum atomic E-state index is -0.567. The maximum Gasteiger partial charge on any atom is 0.170 e. The highest BCUT2D eigenvalue weighted by Gasteiger charge is 2.18. The summed E-state index contributed by atoms with van der Waals surface area (Å²) in [6.07, 6.45) is 0.179. The van der Waals surface area contributed by atoms with Crippen molar-refractivity contribution < 1.29 is 19.0 Å². The Hall–Kier alpha value is -1.46. The number of ether oxygens (including phenoxy) is 1. The number of benzene rings is 1. The molecule has 1 aromatic rings. The standard InChI is InChI=1S/C14H20FNO3/c1-10(9-17)16(2)8-7-12(18)14-11(15)5-4-6-13(14)19-3/h4-6,10,17H,7-9H2,1-3H3. The van der Waals surface area contributed by atoms with Crippen LogP contribution < -0.4 is 4.74 Å². The SMILES string of the molecule is COc1cccc(F)c1C(=O)CCN(C)C(C)CO. The summed E-state index contributed by atoms with van der Waals surface area (Å²) in [5.74, 6) is -0.614. The van der Waals surface area contributed by atoms with Gasteiger partial charge in [-0.3, -0.25) is 4.79 Å². The van der Waals surface area contributed by atoms with E-state index in [-0.39, 0.29) is 36.2 Å². The number of hydrogen-bond acceptors (Lipinski definition) is 4. The number of Topliss-reactive ketones (excluding diaryl/α,β-unsaturated/α-hetero) is 1. The molecule has 0 spiro atoms. The van der Waals surface area contributed by atoms with Gasteiger partial charge in [-0.2, -0.15) is 0 Å². The molecule has 1 unspecified atom stereocenters. The predicted molar refractivity (Wildman–Crippen MR) is 71.1 cm³/mol. The van der Waals surface area contributed by atoms with Crippen LogP contribution >= 0.6 is 0 Å². The molecule has 4 nitrogen and oxygen atoms in total. The highest BCUT2D eigenvalue weighted by atomic mass is 19.1. The number of nitrogens with zero attached hydrogens (tertiary/aromatic N) is 1. The van der Waals surface area contributed by atoms with E-state index in [0.717, 1.165) is 0 Å². The number of likely N-dealkylation sites (N-methyl/N-ethyl adjacent to an activating group) is 1. The van der Waals surface area contributed by atoms with E-state index >= 15 is 0 Å². The Labute approximate surface area is 112 Å². The van der Waals surface area contributed by atoms with Crippen molar-refractivity contribution in [2.75, 3.05) is 27.3 Å². The number of rotatable bonds is 7. The Balaban J connectivity index is 2.74. The number of aliphatic hydroxyl groups excluding tert-OH is 1. The lowest BCUT2D eigenvalue weighted by molar-refractivity contribution is 0.0939. The molecule has 0 fully saturated rings. The molecule has 1 atom stereocenters. The Bertz CT molecular complexity index is 437. The van der Waals surface area contributed by atoms with Crippen LogP contribution in [0, 0.1) is 5.82 Å². The van der Waals surface area contributed by atoms with Crippen LogP contribution in [0.3, 0.4) is 0 Å². The van der Waals surface area contributed by atoms with Gasteiger partial charge >= 0.3 is 0 Å². The Kier molecular flexibility index (Phi) is 5.92. The zero-order chi connectivity index (χ0) is 14.4. The summed E-state index contributed by atoms with van der Waals surface area (Å²) in [7, 11) is 3.22. The van der Waals surface area contributed by atoms with E-state index in [4.69, 9.17) is 9.84 Å². The van der Waals surface area contributed by atoms with Gasteiger partial charge in [-0.25, -0.2) is 4.39 Å². The molecule has 0 aliphatic heterocycles. The Morgan fingerprint density at radius 2 is 2.21 bits per heavy atom. The number of hydrogen-bond donors (Lipinski definition) is 1. The quantitative estimate of drug-likeness (QED) is 0.766. The van der Waals surface area contributed by atoms with E-state index in [9.17, 15) is 9.18 Å². The third-order valence-electron chi connectivity index (χ3n) is 3.18. The Morgan fingerprint density at radius 1 is 1.53 bits per heavy atom. The largest absolute Gasteiger partial charge is 0.496 e. The summed E-state index contributed by atoms with van der Waals surface area (Å²) >= 11 is 0. The second kappa shape index (κ2) is 7.21. The van der Waals surface area contributed by atoms with Crippen LogP contribution in [0.5, 0.6) is 5.75 Å². The van der Waals surface area contributed by atoms with Crippen molar-refractivity contribution in [3.8, 4) is 5.75 Å². The van der Waals surface area contributed by atoms with E-state index in [1.54, 1.807) is 6.07 Å². The number of methoxy groups -OCH3 is 1. The molecule has 0 radical (unpaired) electrons. The molecule has 0 amide bonds. The first-order valence-electron chi connectivity index (χ1n) is 6.18. The van der Waals surface area contributed by atoms with Crippen LogP contribution in [0.1, 0.15) is 23.7 Å². The highest BCUT2D eigenvalue weighted by molar-refractivity contribution is 5.99. The molecule has 0 bridgehead atoms. The van der Waals surface area contributed by atoms with Gasteiger partial charge in [0.25, 0.3) is 0 Å². The van der Waals surface area contributed by atoms with Gasteiger partial charge in [0.1, 0.15) is 11.6 Å². The summed E-state index contributed by atoms with van der Waals surface area (Å²) < 4.78 is 18.7. The van der Waals surface area contributed by atoms with Gasteiger partial charge in [0.15, 0.2) is 5.78 Å². The minimum absolute atomic E-state index is 0.00458. The van der Waals surface area contributed by atoms with E-state index in [1.807, 2.05) is 18.9 Å². The zero-order valence-corrected chi connectivity index (χ0v) is 11.5. The fraction of sp³-hybridized carbons (Fsp3) is 0.500. The van der Waals surface area contributed by atoms with Gasteiger partial charge in [-0.1, -0.05) is 6.07 Å². The summed E-state index contributed by atoms with van der Waals surface area (Å²) in [5, 5.41) is 9.01. The van der Waals surface area contributed by atoms with Crippen LogP contribution in [0.4, 0.5) is 4.39 Å². The number of halogens is 1. The van der Waals surface area contributed by atoms with Crippen LogP contribution in [-0.2, 0) is 0 Å². The average Bonchev–Trinajstić information content (AvgIpc) is 2.42. The average molecular weight is 269 g/mol. The van der Waals surface area contributed by atoms with E-state index in [0.29, 0.717) is 6.54 Å². The molecule has 0 heterocycles. The van der Waals surface area contributed by atoms with Crippen molar-refractivity contribution in [3.05, 3.63) is 29.6 Å². The molecule has 0 aliphatic carbocycles. The summed E-state index contributed by atoms with van der Waals surface area (Å²) in [6, 6.07) is 4.28. The maximum atomic E-state index is 13.7. The molecule has 0 saturated heterocycles. The number of ketones is 1. The topological polar surface area (TPSA) is 49.8 Å². The van der Waals surface area contributed by atoms with E-state index in [2.05, 4.69) is 0 Å². The van der Waals surface area contributed by atoms with Crippen LogP contribution in [0.25, 0.3) is 0 Å². The van der Waals surface area contributed by atoms with Gasteiger partial charge in [-0.05, 0) is 26.1 Å². The van der Waals surface area contributed by atoms with Gasteiger partial charge in [0.05, 0.1) is 19.3 Å². The molecule has 0 saturated carbocycles. The molecule has 5 heteroatoms. The number of carbonyl (C=O) groups is 1. The molecular formula is C14H20FNO3. The van der Waals surface area contributed by atoms with Crippen molar-refractivity contribution in [3.63, 3.8) is 0 Å². The predicted octanol–water partition coefficient (Wildman–Crippen LogP) is 1.72. The summed E-state index contributed by atoms with van der Waals surface area (Å²) in [6.45, 7) is 2.33. The number of aliphatic hydroxyl groups is 1. The first-order chi connectivity index (χ1) is 9.01. The molecule has 0 aliphatic rings. The van der Waals surface area contributed by atoms with E-state index in [1.165, 1.54) is 19.2 Å². The molecular weight excluding hydrogens is 249 g/mol.